The van der Waals surface area contributed by atoms with Crippen LogP contribution in [0.5, 0.6) is 0 Å². The third-order valence-electron chi connectivity index (χ3n) is 6.00. The molecule has 1 amide bonds. The summed E-state index contributed by atoms with van der Waals surface area (Å²) in [5.41, 5.74) is 3.22. The van der Waals surface area contributed by atoms with Gasteiger partial charge in [0.2, 0.25) is 5.91 Å². The van der Waals surface area contributed by atoms with E-state index < -0.39 is 10.0 Å². The van der Waals surface area contributed by atoms with Crippen molar-refractivity contribution in [3.05, 3.63) is 89.7 Å². The molecule has 0 radical (unpaired) electrons. The number of amides is 1. The van der Waals surface area contributed by atoms with E-state index >= 15 is 0 Å². The first-order chi connectivity index (χ1) is 16.2. The molecule has 34 heavy (non-hydrogen) atoms. The summed E-state index contributed by atoms with van der Waals surface area (Å²) in [7, 11) is -3.94. The van der Waals surface area contributed by atoms with E-state index in [-0.39, 0.29) is 23.2 Å². The molecule has 6 nitrogen and oxygen atoms in total. The number of nitrogens with zero attached hydrogens (tertiary/aromatic N) is 3. The number of benzene rings is 3. The number of aryl methyl sites for hydroxylation is 2. The Kier molecular flexibility index (Phi) is 6.88. The fraction of sp³-hybridized carbons (Fsp3) is 0.269. The highest BCUT2D eigenvalue weighted by Gasteiger charge is 2.30. The number of carbonyl (C=O) groups excluding carboxylic acids is 1. The summed E-state index contributed by atoms with van der Waals surface area (Å²) >= 11 is 0. The Morgan fingerprint density at radius 2 is 1.53 bits per heavy atom. The normalized spacial score (nSPS) is 14.2. The minimum Gasteiger partial charge on any atom is -0.368 e. The first-order valence-corrected chi connectivity index (χ1v) is 12.6. The van der Waals surface area contributed by atoms with E-state index in [2.05, 4.69) is 4.90 Å². The lowest BCUT2D eigenvalue weighted by atomic mass is 10.2. The number of halogens is 1. The highest BCUT2D eigenvalue weighted by atomic mass is 32.2. The summed E-state index contributed by atoms with van der Waals surface area (Å²) < 4.78 is 41.5. The van der Waals surface area contributed by atoms with Crippen LogP contribution in [0.2, 0.25) is 0 Å². The molecule has 1 aliphatic heterocycles. The van der Waals surface area contributed by atoms with Crippen molar-refractivity contribution in [3.8, 4) is 0 Å². The molecule has 0 atom stereocenters. The Morgan fingerprint density at radius 3 is 2.15 bits per heavy atom. The summed E-state index contributed by atoms with van der Waals surface area (Å²) in [5.74, 6) is -0.542. The predicted octanol–water partition coefficient (Wildman–Crippen LogP) is 3.99. The van der Waals surface area contributed by atoms with Crippen molar-refractivity contribution in [2.45, 2.75) is 18.7 Å². The first-order valence-electron chi connectivity index (χ1n) is 11.2. The minimum absolute atomic E-state index is 0.147. The molecule has 8 heteroatoms. The molecule has 3 aromatic rings. The zero-order valence-electron chi connectivity index (χ0n) is 19.3. The summed E-state index contributed by atoms with van der Waals surface area (Å²) in [6, 6.07) is 20.1. The van der Waals surface area contributed by atoms with Crippen LogP contribution in [-0.2, 0) is 14.8 Å². The average molecular weight is 482 g/mol. The summed E-state index contributed by atoms with van der Waals surface area (Å²) in [4.78, 5) is 17.2. The molecule has 0 bridgehead atoms. The SMILES string of the molecule is Cc1ccc(S(=O)(=O)N(CC(=O)N2CCN(c3ccc(F)cc3)CC2)c2cccc(C)c2)cc1. The number of anilines is 2. The second-order valence-corrected chi connectivity index (χ2v) is 10.4. The van der Waals surface area contributed by atoms with Crippen LogP contribution in [0.1, 0.15) is 11.1 Å². The molecule has 0 aromatic heterocycles. The fourth-order valence-corrected chi connectivity index (χ4v) is 5.43. The molecular weight excluding hydrogens is 453 g/mol. The van der Waals surface area contributed by atoms with E-state index in [1.54, 1.807) is 59.5 Å². The second-order valence-electron chi connectivity index (χ2n) is 8.51. The number of hydrogen-bond acceptors (Lipinski definition) is 4. The molecule has 1 fully saturated rings. The maximum absolute atomic E-state index is 13.6. The lowest BCUT2D eigenvalue weighted by molar-refractivity contribution is -0.129. The smallest absolute Gasteiger partial charge is 0.264 e. The van der Waals surface area contributed by atoms with Gasteiger partial charge in [-0.15, -0.1) is 0 Å². The molecule has 0 N–H and O–H groups in total. The Labute approximate surface area is 200 Å². The minimum atomic E-state index is -3.94. The van der Waals surface area contributed by atoms with Crippen LogP contribution < -0.4 is 9.21 Å². The number of rotatable bonds is 6. The van der Waals surface area contributed by atoms with Crippen molar-refractivity contribution in [1.82, 2.24) is 4.90 Å². The van der Waals surface area contributed by atoms with Gasteiger partial charge in [0.15, 0.2) is 0 Å². The van der Waals surface area contributed by atoms with Gasteiger partial charge in [-0.1, -0.05) is 29.8 Å². The molecule has 3 aromatic carbocycles. The second kappa shape index (κ2) is 9.85. The van der Waals surface area contributed by atoms with Crippen molar-refractivity contribution in [2.24, 2.45) is 0 Å². The Bertz CT molecular complexity index is 1250. The van der Waals surface area contributed by atoms with Crippen LogP contribution in [0.15, 0.2) is 77.7 Å². The third kappa shape index (κ3) is 5.22. The molecule has 1 aliphatic rings. The largest absolute Gasteiger partial charge is 0.368 e. The van der Waals surface area contributed by atoms with Gasteiger partial charge >= 0.3 is 0 Å². The predicted molar refractivity (Wildman–Crippen MR) is 132 cm³/mol. The van der Waals surface area contributed by atoms with E-state index in [1.165, 1.54) is 16.4 Å². The zero-order chi connectivity index (χ0) is 24.3. The van der Waals surface area contributed by atoms with Crippen LogP contribution in [0, 0.1) is 19.7 Å². The fourth-order valence-electron chi connectivity index (χ4n) is 4.02. The van der Waals surface area contributed by atoms with Gasteiger partial charge in [-0.25, -0.2) is 12.8 Å². The number of hydrogen-bond donors (Lipinski definition) is 0. The van der Waals surface area contributed by atoms with Crippen LogP contribution in [0.4, 0.5) is 15.8 Å². The maximum atomic E-state index is 13.6. The van der Waals surface area contributed by atoms with Crippen molar-refractivity contribution < 1.29 is 17.6 Å². The highest BCUT2D eigenvalue weighted by Crippen LogP contribution is 2.25. The molecule has 4 rings (SSSR count). The zero-order valence-corrected chi connectivity index (χ0v) is 20.1. The molecule has 0 spiro atoms. The molecule has 0 saturated carbocycles. The Hall–Kier alpha value is -3.39. The van der Waals surface area contributed by atoms with Gasteiger partial charge in [-0.3, -0.25) is 9.10 Å². The summed E-state index contributed by atoms with van der Waals surface area (Å²) in [6.45, 7) is 5.60. The average Bonchev–Trinajstić information content (AvgIpc) is 2.83. The first kappa shape index (κ1) is 23.8. The molecule has 0 unspecified atom stereocenters. The lowest BCUT2D eigenvalue weighted by Gasteiger charge is -2.37. The molecule has 1 saturated heterocycles. The van der Waals surface area contributed by atoms with E-state index in [4.69, 9.17) is 0 Å². The highest BCUT2D eigenvalue weighted by molar-refractivity contribution is 7.92. The van der Waals surface area contributed by atoms with E-state index in [0.717, 1.165) is 16.8 Å². The number of sulfonamides is 1. The molecule has 178 valence electrons. The quantitative estimate of drug-likeness (QED) is 0.534. The van der Waals surface area contributed by atoms with Gasteiger partial charge in [0.1, 0.15) is 12.4 Å². The van der Waals surface area contributed by atoms with Crippen molar-refractivity contribution in [2.75, 3.05) is 41.9 Å². The Balaban J connectivity index is 1.53. The topological polar surface area (TPSA) is 60.9 Å². The number of piperazine rings is 1. The van der Waals surface area contributed by atoms with Gasteiger partial charge in [-0.05, 0) is 67.9 Å². The molecule has 1 heterocycles. The monoisotopic (exact) mass is 481 g/mol. The van der Waals surface area contributed by atoms with E-state index in [9.17, 15) is 17.6 Å². The van der Waals surface area contributed by atoms with E-state index in [1.807, 2.05) is 19.9 Å². The van der Waals surface area contributed by atoms with Gasteiger partial charge in [0.05, 0.1) is 10.6 Å². The van der Waals surface area contributed by atoms with Crippen molar-refractivity contribution in [1.29, 1.82) is 0 Å². The van der Waals surface area contributed by atoms with Crippen LogP contribution in [0.3, 0.4) is 0 Å². The molecular formula is C26H28FN3O3S. The van der Waals surface area contributed by atoms with Crippen LogP contribution in [-0.4, -0.2) is 51.9 Å². The molecule has 0 aliphatic carbocycles. The van der Waals surface area contributed by atoms with Crippen molar-refractivity contribution in [3.63, 3.8) is 0 Å². The third-order valence-corrected chi connectivity index (χ3v) is 7.79. The van der Waals surface area contributed by atoms with Crippen LogP contribution >= 0.6 is 0 Å². The van der Waals surface area contributed by atoms with E-state index in [0.29, 0.717) is 31.9 Å². The lowest BCUT2D eigenvalue weighted by Crippen LogP contribution is -2.52. The number of carbonyl (C=O) groups is 1. The Morgan fingerprint density at radius 1 is 0.882 bits per heavy atom. The van der Waals surface area contributed by atoms with Crippen LogP contribution in [0.25, 0.3) is 0 Å². The summed E-state index contributed by atoms with van der Waals surface area (Å²) in [6.07, 6.45) is 0. The standard InChI is InChI=1S/C26H28FN3O3S/c1-20-6-12-25(13-7-20)34(32,33)30(24-5-3-4-21(2)18-24)19-26(31)29-16-14-28(15-17-29)23-10-8-22(27)9-11-23/h3-13,18H,14-17,19H2,1-2H3. The summed E-state index contributed by atoms with van der Waals surface area (Å²) in [5, 5.41) is 0. The van der Waals surface area contributed by atoms with Gasteiger partial charge in [0.25, 0.3) is 10.0 Å². The van der Waals surface area contributed by atoms with Gasteiger partial charge in [-0.2, -0.15) is 0 Å². The van der Waals surface area contributed by atoms with Gasteiger partial charge < -0.3 is 9.80 Å². The van der Waals surface area contributed by atoms with Gasteiger partial charge in [0, 0.05) is 31.9 Å². The maximum Gasteiger partial charge on any atom is 0.264 e. The van der Waals surface area contributed by atoms with Crippen molar-refractivity contribution >= 4 is 27.3 Å².